The van der Waals surface area contributed by atoms with Gasteiger partial charge in [0.2, 0.25) is 0 Å². The van der Waals surface area contributed by atoms with Crippen LogP contribution in [-0.4, -0.2) is 14.1 Å². The van der Waals surface area contributed by atoms with Gasteiger partial charge in [-0.2, -0.15) is 0 Å². The maximum atomic E-state index is 2.32. The van der Waals surface area contributed by atoms with Crippen LogP contribution in [0.5, 0.6) is 0 Å². The Balaban J connectivity index is 0. The van der Waals surface area contributed by atoms with Gasteiger partial charge < -0.3 is 0 Å². The van der Waals surface area contributed by atoms with Crippen LogP contribution < -0.4 is 0 Å². The molecule has 0 nitrogen and oxygen atoms in total. The molecule has 0 rings (SSSR count). The maximum Gasteiger partial charge on any atom is 0.261 e. The second-order valence-electron chi connectivity index (χ2n) is 3.82. The molecule has 0 saturated carbocycles. The van der Waals surface area contributed by atoms with E-state index in [0.29, 0.717) is 0 Å². The maximum absolute atomic E-state index is 2.32. The van der Waals surface area contributed by atoms with Crippen molar-refractivity contribution in [2.75, 3.05) is 0 Å². The summed E-state index contributed by atoms with van der Waals surface area (Å²) in [5.74, 6) is 0.833. The zero-order valence-corrected chi connectivity index (χ0v) is 10.4. The van der Waals surface area contributed by atoms with E-state index >= 15 is 0 Å². The van der Waals surface area contributed by atoms with Gasteiger partial charge in [0.05, 0.1) is 0 Å². The zero-order chi connectivity index (χ0) is 9.28. The lowest BCUT2D eigenvalue weighted by atomic mass is 10.3. The third kappa shape index (κ3) is 18.0. The van der Waals surface area contributed by atoms with Crippen LogP contribution in [-0.2, 0) is 0 Å². The monoisotopic (exact) mass is 172 g/mol. The molecule has 0 radical (unpaired) electrons. The van der Waals surface area contributed by atoms with Crippen molar-refractivity contribution in [3.05, 3.63) is 0 Å². The Morgan fingerprint density at radius 1 is 0.818 bits per heavy atom. The normalized spacial score (nSPS) is 9.00. The summed E-state index contributed by atoms with van der Waals surface area (Å²) in [5, 5.41) is 4.48. The van der Waals surface area contributed by atoms with Crippen LogP contribution in [0, 0.1) is 5.92 Å². The van der Waals surface area contributed by atoms with Gasteiger partial charge in [-0.15, -0.1) is 0 Å². The average Bonchev–Trinajstić information content (AvgIpc) is 1.90. The van der Waals surface area contributed by atoms with E-state index in [4.69, 9.17) is 0 Å². The van der Waals surface area contributed by atoms with Gasteiger partial charge >= 0.3 is 0 Å². The standard InChI is InChI=1S/C4H10.3C2H5.Al/c1-4(2)3;3*1-2;/h4H,1-3H3;3*1H2,2H3;. The highest BCUT2D eigenvalue weighted by molar-refractivity contribution is 6.58. The second kappa shape index (κ2) is 10.5. The minimum absolute atomic E-state index is 0.171. The molecule has 0 bridgehead atoms. The molecule has 0 heterocycles. The minimum Gasteiger partial charge on any atom is -0.0967 e. The molecule has 11 heavy (non-hydrogen) atoms. The third-order valence-corrected chi connectivity index (χ3v) is 5.20. The van der Waals surface area contributed by atoms with Gasteiger partial charge in [0.25, 0.3) is 14.1 Å². The molecule has 0 amide bonds. The van der Waals surface area contributed by atoms with Crippen LogP contribution in [0.4, 0.5) is 0 Å². The van der Waals surface area contributed by atoms with E-state index in [1.54, 1.807) is 0 Å². The summed E-state index contributed by atoms with van der Waals surface area (Å²) in [5.41, 5.74) is 0. The molecule has 0 fully saturated rings. The Bertz CT molecular complexity index is 47.6. The number of rotatable bonds is 3. The Morgan fingerprint density at radius 2 is 1.00 bits per heavy atom. The topological polar surface area (TPSA) is 0 Å². The van der Waals surface area contributed by atoms with Crippen molar-refractivity contribution in [1.82, 2.24) is 0 Å². The van der Waals surface area contributed by atoms with Gasteiger partial charge in [0.15, 0.2) is 0 Å². The Hall–Kier alpha value is 0.532. The fourth-order valence-electron chi connectivity index (χ4n) is 0.866. The molecular formula is C10H25Al. The van der Waals surface area contributed by atoms with Crippen molar-refractivity contribution >= 4 is 14.1 Å². The van der Waals surface area contributed by atoms with Gasteiger partial charge in [-0.1, -0.05) is 57.4 Å². The molecule has 1 heteroatoms. The summed E-state index contributed by atoms with van der Waals surface area (Å²) in [6.45, 7) is 13.5. The van der Waals surface area contributed by atoms with Crippen molar-refractivity contribution in [2.24, 2.45) is 5.92 Å². The second-order valence-corrected chi connectivity index (χ2v) is 8.00. The first-order valence-corrected chi connectivity index (χ1v) is 7.53. The van der Waals surface area contributed by atoms with Gasteiger partial charge in [0.1, 0.15) is 0 Å². The Morgan fingerprint density at radius 3 is 1.00 bits per heavy atom. The van der Waals surface area contributed by atoms with Crippen LogP contribution in [0.2, 0.25) is 15.8 Å². The molecule has 0 atom stereocenters. The lowest BCUT2D eigenvalue weighted by Gasteiger charge is -1.97. The molecule has 0 unspecified atom stereocenters. The van der Waals surface area contributed by atoms with Gasteiger partial charge in [-0.05, 0) is 5.92 Å². The lowest BCUT2D eigenvalue weighted by molar-refractivity contribution is 0.737. The molecule has 0 aliphatic carbocycles. The fourth-order valence-corrected chi connectivity index (χ4v) is 2.60. The quantitative estimate of drug-likeness (QED) is 0.559. The highest BCUT2D eigenvalue weighted by atomic mass is 27.2. The first-order valence-electron chi connectivity index (χ1n) is 5.08. The SMILES string of the molecule is CC(C)C.C[CH2][Al]([CH2]C)[CH2]C. The Kier molecular flexibility index (Phi) is 13.5. The Labute approximate surface area is 77.8 Å². The van der Waals surface area contributed by atoms with Gasteiger partial charge in [0, 0.05) is 0 Å². The summed E-state index contributed by atoms with van der Waals surface area (Å²) in [4.78, 5) is 0. The molecule has 0 aromatic rings. The molecular weight excluding hydrogens is 147 g/mol. The number of hydrogen-bond donors (Lipinski definition) is 0. The third-order valence-electron chi connectivity index (χ3n) is 1.73. The molecule has 0 spiro atoms. The van der Waals surface area contributed by atoms with Crippen molar-refractivity contribution in [2.45, 2.75) is 57.4 Å². The van der Waals surface area contributed by atoms with Crippen molar-refractivity contribution < 1.29 is 0 Å². The summed E-state index contributed by atoms with van der Waals surface area (Å²) >= 11 is -0.171. The van der Waals surface area contributed by atoms with E-state index in [1.807, 2.05) is 0 Å². The molecule has 0 N–H and O–H groups in total. The first-order chi connectivity index (χ1) is 5.08. The van der Waals surface area contributed by atoms with E-state index < -0.39 is 0 Å². The van der Waals surface area contributed by atoms with Crippen LogP contribution in [0.1, 0.15) is 41.5 Å². The summed E-state index contributed by atoms with van der Waals surface area (Å²) in [6.07, 6.45) is 0. The van der Waals surface area contributed by atoms with E-state index in [2.05, 4.69) is 41.5 Å². The van der Waals surface area contributed by atoms with Crippen LogP contribution in [0.25, 0.3) is 0 Å². The summed E-state index contributed by atoms with van der Waals surface area (Å²) in [7, 11) is 0. The minimum atomic E-state index is -0.171. The predicted octanol–water partition coefficient (Wildman–Crippen LogP) is 4.20. The van der Waals surface area contributed by atoms with Gasteiger partial charge in [-0.25, -0.2) is 0 Å². The van der Waals surface area contributed by atoms with Gasteiger partial charge in [-0.3, -0.25) is 0 Å². The average molecular weight is 172 g/mol. The van der Waals surface area contributed by atoms with E-state index in [0.717, 1.165) is 5.92 Å². The van der Waals surface area contributed by atoms with E-state index in [9.17, 15) is 0 Å². The van der Waals surface area contributed by atoms with Crippen molar-refractivity contribution in [1.29, 1.82) is 0 Å². The number of hydrogen-bond acceptors (Lipinski definition) is 0. The largest absolute Gasteiger partial charge is 0.261 e. The van der Waals surface area contributed by atoms with Crippen molar-refractivity contribution in [3.8, 4) is 0 Å². The molecule has 0 aliphatic heterocycles. The van der Waals surface area contributed by atoms with Crippen LogP contribution in [0.3, 0.4) is 0 Å². The smallest absolute Gasteiger partial charge is 0.0967 e. The first kappa shape index (κ1) is 14.1. The van der Waals surface area contributed by atoms with Crippen LogP contribution in [0.15, 0.2) is 0 Å². The molecule has 68 valence electrons. The molecule has 0 saturated heterocycles. The van der Waals surface area contributed by atoms with E-state index in [1.165, 1.54) is 15.8 Å². The predicted molar refractivity (Wildman–Crippen MR) is 57.7 cm³/mol. The molecule has 0 aromatic heterocycles. The lowest BCUT2D eigenvalue weighted by Crippen LogP contribution is -2.04. The van der Waals surface area contributed by atoms with E-state index in [-0.39, 0.29) is 14.1 Å². The molecule has 0 aliphatic rings. The van der Waals surface area contributed by atoms with Crippen molar-refractivity contribution in [3.63, 3.8) is 0 Å². The summed E-state index contributed by atoms with van der Waals surface area (Å²) < 4.78 is 0. The zero-order valence-electron chi connectivity index (χ0n) is 9.28. The highest BCUT2D eigenvalue weighted by Crippen LogP contribution is 2.01. The summed E-state index contributed by atoms with van der Waals surface area (Å²) in [6, 6.07) is 0. The molecule has 0 aromatic carbocycles. The van der Waals surface area contributed by atoms with Crippen LogP contribution >= 0.6 is 0 Å². The fraction of sp³-hybridized carbons (Fsp3) is 1.00. The highest BCUT2D eigenvalue weighted by Gasteiger charge is 2.05.